The van der Waals surface area contributed by atoms with Gasteiger partial charge < -0.3 is 14.5 Å². The van der Waals surface area contributed by atoms with Crippen LogP contribution in [-0.2, 0) is 11.3 Å². The van der Waals surface area contributed by atoms with Crippen LogP contribution in [0.5, 0.6) is 5.75 Å². The van der Waals surface area contributed by atoms with Crippen molar-refractivity contribution in [2.75, 3.05) is 12.9 Å². The Morgan fingerprint density at radius 2 is 2.03 bits per heavy atom. The van der Waals surface area contributed by atoms with Crippen LogP contribution in [-0.4, -0.2) is 39.6 Å². The van der Waals surface area contributed by atoms with E-state index in [2.05, 4.69) is 22.4 Å². The maximum Gasteiger partial charge on any atom is 0.230 e. The van der Waals surface area contributed by atoms with E-state index in [-0.39, 0.29) is 11.9 Å². The molecule has 2 atom stereocenters. The van der Waals surface area contributed by atoms with Crippen molar-refractivity contribution in [1.29, 1.82) is 0 Å². The molecular weight excluding hydrogens is 412 g/mol. The molecule has 0 saturated heterocycles. The van der Waals surface area contributed by atoms with Crippen molar-refractivity contribution in [1.82, 2.24) is 20.1 Å². The Kier molecular flexibility index (Phi) is 6.96. The number of hydrogen-bond acceptors (Lipinski definition) is 6. The van der Waals surface area contributed by atoms with Gasteiger partial charge in [-0.15, -0.1) is 10.2 Å². The van der Waals surface area contributed by atoms with E-state index in [9.17, 15) is 4.79 Å². The topological polar surface area (TPSA) is 82.2 Å². The lowest BCUT2D eigenvalue weighted by Crippen LogP contribution is -2.41. The second-order valence-electron chi connectivity index (χ2n) is 7.92. The first-order valence-electron chi connectivity index (χ1n) is 10.7. The van der Waals surface area contributed by atoms with Crippen molar-refractivity contribution in [2.45, 2.75) is 50.4 Å². The van der Waals surface area contributed by atoms with E-state index in [0.29, 0.717) is 23.4 Å². The number of furan rings is 1. The van der Waals surface area contributed by atoms with Crippen LogP contribution in [0.15, 0.2) is 52.2 Å². The average Bonchev–Trinajstić information content (AvgIpc) is 3.44. The molecule has 1 aromatic carbocycles. The summed E-state index contributed by atoms with van der Waals surface area (Å²) in [5, 5.41) is 12.7. The molecule has 7 nitrogen and oxygen atoms in total. The van der Waals surface area contributed by atoms with Crippen LogP contribution in [0.25, 0.3) is 11.4 Å². The fourth-order valence-corrected chi connectivity index (χ4v) is 4.71. The summed E-state index contributed by atoms with van der Waals surface area (Å²) < 4.78 is 12.8. The van der Waals surface area contributed by atoms with Crippen LogP contribution in [0.3, 0.4) is 0 Å². The summed E-state index contributed by atoms with van der Waals surface area (Å²) in [5.74, 6) is 3.19. The number of nitrogens with zero attached hydrogens (tertiary/aromatic N) is 3. The predicted octanol–water partition coefficient (Wildman–Crippen LogP) is 4.38. The lowest BCUT2D eigenvalue weighted by atomic mass is 9.86. The molecule has 2 unspecified atom stereocenters. The molecule has 2 heterocycles. The monoisotopic (exact) mass is 440 g/mol. The standard InChI is InChI=1S/C23H28N4O3S/c1-16-6-3-4-8-20(16)24-21(28)15-31-23-26-25-22(17-9-11-18(29-2)12-10-17)27(23)14-19-7-5-13-30-19/h5,7,9-13,16,20H,3-4,6,8,14-15H2,1-2H3,(H,24,28). The van der Waals surface area contributed by atoms with Gasteiger partial charge in [0.2, 0.25) is 5.91 Å². The largest absolute Gasteiger partial charge is 0.497 e. The van der Waals surface area contributed by atoms with E-state index in [1.807, 2.05) is 41.0 Å². The smallest absolute Gasteiger partial charge is 0.230 e. The normalized spacial score (nSPS) is 18.6. The number of nitrogens with one attached hydrogen (secondary N) is 1. The summed E-state index contributed by atoms with van der Waals surface area (Å²) >= 11 is 1.40. The number of carbonyl (C=O) groups is 1. The molecule has 4 rings (SSSR count). The minimum absolute atomic E-state index is 0.0438. The van der Waals surface area contributed by atoms with Gasteiger partial charge in [0.1, 0.15) is 11.5 Å². The van der Waals surface area contributed by atoms with Crippen molar-refractivity contribution in [3.63, 3.8) is 0 Å². The summed E-state index contributed by atoms with van der Waals surface area (Å²) in [6, 6.07) is 11.7. The van der Waals surface area contributed by atoms with Crippen LogP contribution >= 0.6 is 11.8 Å². The van der Waals surface area contributed by atoms with Crippen molar-refractivity contribution >= 4 is 17.7 Å². The second-order valence-corrected chi connectivity index (χ2v) is 8.87. The number of aromatic nitrogens is 3. The third-order valence-electron chi connectivity index (χ3n) is 5.75. The van der Waals surface area contributed by atoms with Crippen molar-refractivity contribution in [2.24, 2.45) is 5.92 Å². The van der Waals surface area contributed by atoms with Gasteiger partial charge in [-0.2, -0.15) is 0 Å². The first-order chi connectivity index (χ1) is 15.1. The molecule has 8 heteroatoms. The van der Waals surface area contributed by atoms with Crippen LogP contribution in [0.1, 0.15) is 38.4 Å². The van der Waals surface area contributed by atoms with E-state index < -0.39 is 0 Å². The molecule has 1 N–H and O–H groups in total. The number of amides is 1. The SMILES string of the molecule is COc1ccc(-c2nnc(SCC(=O)NC3CCCCC3C)n2Cc2ccco2)cc1. The maximum absolute atomic E-state index is 12.6. The highest BCUT2D eigenvalue weighted by molar-refractivity contribution is 7.99. The predicted molar refractivity (Wildman–Crippen MR) is 120 cm³/mol. The van der Waals surface area contributed by atoms with Gasteiger partial charge in [0.25, 0.3) is 0 Å². The quantitative estimate of drug-likeness (QED) is 0.524. The molecule has 0 aliphatic heterocycles. The summed E-state index contributed by atoms with van der Waals surface area (Å²) in [6.45, 7) is 2.71. The summed E-state index contributed by atoms with van der Waals surface area (Å²) in [5.41, 5.74) is 0.923. The Hall–Kier alpha value is -2.74. The van der Waals surface area contributed by atoms with Gasteiger partial charge in [0, 0.05) is 11.6 Å². The molecule has 164 valence electrons. The zero-order chi connectivity index (χ0) is 21.6. The van der Waals surface area contributed by atoms with E-state index in [4.69, 9.17) is 9.15 Å². The van der Waals surface area contributed by atoms with Crippen molar-refractivity contribution in [3.05, 3.63) is 48.4 Å². The molecule has 1 aliphatic rings. The zero-order valence-corrected chi connectivity index (χ0v) is 18.7. The summed E-state index contributed by atoms with van der Waals surface area (Å²) in [7, 11) is 1.64. The summed E-state index contributed by atoms with van der Waals surface area (Å²) in [4.78, 5) is 12.6. The van der Waals surface area contributed by atoms with Gasteiger partial charge in [0.15, 0.2) is 11.0 Å². The second kappa shape index (κ2) is 10.0. The fourth-order valence-electron chi connectivity index (χ4n) is 3.96. The third kappa shape index (κ3) is 5.31. The lowest BCUT2D eigenvalue weighted by Gasteiger charge is -2.29. The number of carbonyl (C=O) groups excluding carboxylic acids is 1. The molecule has 0 bridgehead atoms. The molecule has 1 amide bonds. The average molecular weight is 441 g/mol. The minimum atomic E-state index is 0.0438. The first kappa shape index (κ1) is 21.5. The molecule has 0 spiro atoms. The number of methoxy groups -OCH3 is 1. The number of hydrogen-bond donors (Lipinski definition) is 1. The lowest BCUT2D eigenvalue weighted by molar-refractivity contribution is -0.119. The molecule has 0 radical (unpaired) electrons. The number of ether oxygens (including phenoxy) is 1. The van der Waals surface area contributed by atoms with Crippen LogP contribution < -0.4 is 10.1 Å². The van der Waals surface area contributed by atoms with E-state index in [1.165, 1.54) is 31.0 Å². The summed E-state index contributed by atoms with van der Waals surface area (Å²) in [6.07, 6.45) is 6.34. The molecule has 2 aromatic heterocycles. The van der Waals surface area contributed by atoms with Gasteiger partial charge in [-0.25, -0.2) is 0 Å². The Balaban J connectivity index is 1.49. The van der Waals surface area contributed by atoms with Crippen LogP contribution in [0.4, 0.5) is 0 Å². The number of thioether (sulfide) groups is 1. The molecule has 1 fully saturated rings. The Labute approximate surface area is 186 Å². The molecule has 1 aliphatic carbocycles. The third-order valence-corrected chi connectivity index (χ3v) is 6.72. The molecule has 31 heavy (non-hydrogen) atoms. The Bertz CT molecular complexity index is 985. The minimum Gasteiger partial charge on any atom is -0.497 e. The van der Waals surface area contributed by atoms with Gasteiger partial charge in [0.05, 0.1) is 25.7 Å². The Morgan fingerprint density at radius 3 is 2.74 bits per heavy atom. The van der Waals surface area contributed by atoms with Gasteiger partial charge in [-0.1, -0.05) is 31.5 Å². The van der Waals surface area contributed by atoms with Crippen LogP contribution in [0.2, 0.25) is 0 Å². The van der Waals surface area contributed by atoms with Crippen molar-refractivity contribution < 1.29 is 13.9 Å². The van der Waals surface area contributed by atoms with Crippen molar-refractivity contribution in [3.8, 4) is 17.1 Å². The van der Waals surface area contributed by atoms with E-state index >= 15 is 0 Å². The first-order valence-corrected chi connectivity index (χ1v) is 11.6. The van der Waals surface area contributed by atoms with E-state index in [1.54, 1.807) is 13.4 Å². The molecule has 1 saturated carbocycles. The molecule has 3 aromatic rings. The number of rotatable bonds is 8. The zero-order valence-electron chi connectivity index (χ0n) is 17.9. The highest BCUT2D eigenvalue weighted by atomic mass is 32.2. The van der Waals surface area contributed by atoms with Crippen LogP contribution in [0, 0.1) is 5.92 Å². The maximum atomic E-state index is 12.6. The molecular formula is C23H28N4O3S. The van der Waals surface area contributed by atoms with Gasteiger partial charge >= 0.3 is 0 Å². The highest BCUT2D eigenvalue weighted by Gasteiger charge is 2.23. The Morgan fingerprint density at radius 1 is 1.23 bits per heavy atom. The highest BCUT2D eigenvalue weighted by Crippen LogP contribution is 2.27. The van der Waals surface area contributed by atoms with Gasteiger partial charge in [-0.05, 0) is 55.2 Å². The van der Waals surface area contributed by atoms with Gasteiger partial charge in [-0.3, -0.25) is 9.36 Å². The fraction of sp³-hybridized carbons (Fsp3) is 0.435. The van der Waals surface area contributed by atoms with E-state index in [0.717, 1.165) is 29.3 Å². The number of benzene rings is 1.